The topological polar surface area (TPSA) is 12.0 Å². The number of benzene rings is 2. The van der Waals surface area contributed by atoms with Crippen LogP contribution in [0.5, 0.6) is 0 Å². The van der Waals surface area contributed by atoms with Crippen molar-refractivity contribution >= 4 is 47.8 Å². The molecule has 2 aromatic rings. The Bertz CT molecular complexity index is 565. The molecular formula is C15H13Br3FN. The molecule has 1 unspecified atom stereocenters. The van der Waals surface area contributed by atoms with Gasteiger partial charge in [-0.15, -0.1) is 0 Å². The van der Waals surface area contributed by atoms with E-state index < -0.39 is 0 Å². The lowest BCUT2D eigenvalue weighted by Gasteiger charge is -2.22. The molecule has 0 saturated heterocycles. The van der Waals surface area contributed by atoms with Gasteiger partial charge in [0.15, 0.2) is 0 Å². The van der Waals surface area contributed by atoms with Gasteiger partial charge in [-0.1, -0.05) is 54.7 Å². The Labute approximate surface area is 143 Å². The van der Waals surface area contributed by atoms with Crippen LogP contribution in [0.1, 0.15) is 24.1 Å². The van der Waals surface area contributed by atoms with Crippen molar-refractivity contribution in [2.24, 2.45) is 0 Å². The molecule has 0 bridgehead atoms. The summed E-state index contributed by atoms with van der Waals surface area (Å²) >= 11 is 10.6. The Hall–Kier alpha value is -0.230. The quantitative estimate of drug-likeness (QED) is 0.600. The Kier molecular flexibility index (Phi) is 5.78. The molecule has 0 aliphatic rings. The lowest BCUT2D eigenvalue weighted by Crippen LogP contribution is -2.23. The summed E-state index contributed by atoms with van der Waals surface area (Å²) in [6.07, 6.45) is 0. The van der Waals surface area contributed by atoms with Gasteiger partial charge in [0.05, 0.1) is 6.04 Å². The predicted octanol–water partition coefficient (Wildman–Crippen LogP) is 5.81. The first-order valence-electron chi connectivity index (χ1n) is 6.16. The Morgan fingerprint density at radius 1 is 1.00 bits per heavy atom. The molecule has 2 aromatic carbocycles. The summed E-state index contributed by atoms with van der Waals surface area (Å²) in [7, 11) is 0. The van der Waals surface area contributed by atoms with E-state index in [1.165, 1.54) is 6.07 Å². The van der Waals surface area contributed by atoms with Crippen molar-refractivity contribution < 1.29 is 4.39 Å². The van der Waals surface area contributed by atoms with Gasteiger partial charge in [-0.2, -0.15) is 0 Å². The molecule has 0 spiro atoms. The fraction of sp³-hybridized carbons (Fsp3) is 0.200. The first-order chi connectivity index (χ1) is 9.52. The third kappa shape index (κ3) is 3.70. The van der Waals surface area contributed by atoms with Gasteiger partial charge in [0.25, 0.3) is 0 Å². The van der Waals surface area contributed by atoms with Gasteiger partial charge < -0.3 is 5.32 Å². The van der Waals surface area contributed by atoms with Gasteiger partial charge in [0.2, 0.25) is 0 Å². The highest BCUT2D eigenvalue weighted by Crippen LogP contribution is 2.34. The number of hydrogen-bond acceptors (Lipinski definition) is 1. The minimum Gasteiger partial charge on any atom is -0.306 e. The maximum absolute atomic E-state index is 13.6. The summed E-state index contributed by atoms with van der Waals surface area (Å²) < 4.78 is 16.4. The van der Waals surface area contributed by atoms with E-state index in [4.69, 9.17) is 0 Å². The lowest BCUT2D eigenvalue weighted by atomic mass is 9.98. The first-order valence-corrected chi connectivity index (χ1v) is 8.54. The van der Waals surface area contributed by atoms with E-state index in [-0.39, 0.29) is 11.9 Å². The smallest absolute Gasteiger partial charge is 0.123 e. The molecule has 0 amide bonds. The second kappa shape index (κ2) is 7.16. The third-order valence-electron chi connectivity index (χ3n) is 2.95. The molecule has 0 radical (unpaired) electrons. The monoisotopic (exact) mass is 463 g/mol. The minimum atomic E-state index is -0.239. The number of rotatable bonds is 4. The fourth-order valence-corrected chi connectivity index (χ4v) is 3.39. The molecule has 0 aliphatic carbocycles. The van der Waals surface area contributed by atoms with Crippen LogP contribution in [0, 0.1) is 5.82 Å². The van der Waals surface area contributed by atoms with Gasteiger partial charge in [-0.25, -0.2) is 4.39 Å². The highest BCUT2D eigenvalue weighted by molar-refractivity contribution is 9.11. The van der Waals surface area contributed by atoms with Gasteiger partial charge in [0.1, 0.15) is 5.82 Å². The maximum Gasteiger partial charge on any atom is 0.123 e. The largest absolute Gasteiger partial charge is 0.306 e. The van der Waals surface area contributed by atoms with Crippen molar-refractivity contribution in [1.29, 1.82) is 0 Å². The van der Waals surface area contributed by atoms with Gasteiger partial charge >= 0.3 is 0 Å². The van der Waals surface area contributed by atoms with Gasteiger partial charge in [-0.05, 0) is 54.1 Å². The summed E-state index contributed by atoms with van der Waals surface area (Å²) in [5, 5.41) is 3.40. The van der Waals surface area contributed by atoms with Crippen LogP contribution < -0.4 is 5.32 Å². The van der Waals surface area contributed by atoms with Crippen LogP contribution in [0.2, 0.25) is 0 Å². The molecule has 1 nitrogen and oxygen atoms in total. The highest BCUT2D eigenvalue weighted by Gasteiger charge is 2.19. The average Bonchev–Trinajstić information content (AvgIpc) is 2.42. The van der Waals surface area contributed by atoms with Crippen LogP contribution in [-0.2, 0) is 0 Å². The maximum atomic E-state index is 13.6. The molecule has 0 aliphatic heterocycles. The Morgan fingerprint density at radius 2 is 1.60 bits per heavy atom. The Morgan fingerprint density at radius 3 is 2.25 bits per heavy atom. The SMILES string of the molecule is CCNC(c1cc(F)ccc1Br)c1cc(Br)ccc1Br. The lowest BCUT2D eigenvalue weighted by molar-refractivity contribution is 0.600. The summed E-state index contributed by atoms with van der Waals surface area (Å²) in [6.45, 7) is 2.82. The van der Waals surface area contributed by atoms with E-state index in [0.29, 0.717) is 0 Å². The molecule has 0 fully saturated rings. The first kappa shape index (κ1) is 16.1. The zero-order valence-electron chi connectivity index (χ0n) is 10.8. The van der Waals surface area contributed by atoms with Crippen LogP contribution in [0.4, 0.5) is 4.39 Å². The average molecular weight is 466 g/mol. The van der Waals surface area contributed by atoms with E-state index >= 15 is 0 Å². The molecule has 106 valence electrons. The van der Waals surface area contributed by atoms with Crippen molar-refractivity contribution in [3.05, 3.63) is 66.8 Å². The Balaban J connectivity index is 2.55. The highest BCUT2D eigenvalue weighted by atomic mass is 79.9. The molecule has 1 atom stereocenters. The second-order valence-corrected chi connectivity index (χ2v) is 6.95. The zero-order chi connectivity index (χ0) is 14.7. The molecule has 20 heavy (non-hydrogen) atoms. The number of nitrogens with one attached hydrogen (secondary N) is 1. The van der Waals surface area contributed by atoms with Crippen LogP contribution in [0.3, 0.4) is 0 Å². The molecule has 0 aromatic heterocycles. The molecule has 2 rings (SSSR count). The molecule has 1 N–H and O–H groups in total. The van der Waals surface area contributed by atoms with Crippen molar-refractivity contribution in [3.63, 3.8) is 0 Å². The standard InChI is InChI=1S/C15H13Br3FN/c1-2-20-15(11-7-9(16)3-5-13(11)17)12-8-10(19)4-6-14(12)18/h3-8,15,20H,2H2,1H3. The van der Waals surface area contributed by atoms with Gasteiger partial charge in [-0.3, -0.25) is 0 Å². The summed E-state index contributed by atoms with van der Waals surface area (Å²) in [4.78, 5) is 0. The summed E-state index contributed by atoms with van der Waals surface area (Å²) in [5.41, 5.74) is 1.94. The van der Waals surface area contributed by atoms with Gasteiger partial charge in [0, 0.05) is 13.4 Å². The molecular weight excluding hydrogens is 453 g/mol. The van der Waals surface area contributed by atoms with Crippen LogP contribution in [0.25, 0.3) is 0 Å². The normalized spacial score (nSPS) is 12.4. The molecule has 0 heterocycles. The molecule has 5 heteroatoms. The summed E-state index contributed by atoms with van der Waals surface area (Å²) in [6, 6.07) is 10.7. The second-order valence-electron chi connectivity index (χ2n) is 4.32. The van der Waals surface area contributed by atoms with Crippen LogP contribution >= 0.6 is 47.8 Å². The van der Waals surface area contributed by atoms with Crippen molar-refractivity contribution in [2.45, 2.75) is 13.0 Å². The van der Waals surface area contributed by atoms with Crippen molar-refractivity contribution in [3.8, 4) is 0 Å². The zero-order valence-corrected chi connectivity index (χ0v) is 15.5. The van der Waals surface area contributed by atoms with Crippen molar-refractivity contribution in [2.75, 3.05) is 6.54 Å². The van der Waals surface area contributed by atoms with Crippen LogP contribution in [0.15, 0.2) is 49.8 Å². The van der Waals surface area contributed by atoms with E-state index in [1.807, 2.05) is 25.1 Å². The molecule has 0 saturated carbocycles. The number of hydrogen-bond donors (Lipinski definition) is 1. The van der Waals surface area contributed by atoms with E-state index in [2.05, 4.69) is 53.1 Å². The van der Waals surface area contributed by atoms with E-state index in [1.54, 1.807) is 12.1 Å². The fourth-order valence-electron chi connectivity index (χ4n) is 2.06. The predicted molar refractivity (Wildman–Crippen MR) is 91.5 cm³/mol. The van der Waals surface area contributed by atoms with Crippen LogP contribution in [-0.4, -0.2) is 6.54 Å². The minimum absolute atomic E-state index is 0.0862. The third-order valence-corrected chi connectivity index (χ3v) is 4.88. The van der Waals surface area contributed by atoms with Crippen molar-refractivity contribution in [1.82, 2.24) is 5.32 Å². The summed E-state index contributed by atoms with van der Waals surface area (Å²) in [5.74, 6) is -0.239. The van der Waals surface area contributed by atoms with E-state index in [0.717, 1.165) is 31.1 Å². The number of halogens is 4. The van der Waals surface area contributed by atoms with E-state index in [9.17, 15) is 4.39 Å².